The average molecular weight is 347 g/mol. The number of hydrogen-bond acceptors (Lipinski definition) is 3. The topological polar surface area (TPSA) is 73.8 Å². The molecule has 1 aliphatic heterocycles. The lowest BCUT2D eigenvalue weighted by atomic mass is 9.98. The summed E-state index contributed by atoms with van der Waals surface area (Å²) in [5.41, 5.74) is 0. The highest BCUT2D eigenvalue weighted by Gasteiger charge is 2.24. The van der Waals surface area contributed by atoms with Gasteiger partial charge in [0, 0.05) is 32.7 Å². The molecule has 0 spiro atoms. The molecular formula is C16H34N4O2S. The summed E-state index contributed by atoms with van der Waals surface area (Å²) >= 11 is 0. The minimum atomic E-state index is -3.04. The molecule has 0 aromatic carbocycles. The lowest BCUT2D eigenvalue weighted by Gasteiger charge is -2.29. The first-order valence-corrected chi connectivity index (χ1v) is 10.8. The fraction of sp³-hybridized carbons (Fsp3) is 0.938. The van der Waals surface area contributed by atoms with Crippen LogP contribution in [0.1, 0.15) is 52.4 Å². The van der Waals surface area contributed by atoms with Crippen molar-refractivity contribution in [1.82, 2.24) is 14.9 Å². The van der Waals surface area contributed by atoms with Crippen molar-refractivity contribution in [3.8, 4) is 0 Å². The maximum atomic E-state index is 11.5. The van der Waals surface area contributed by atoms with Gasteiger partial charge in [0.25, 0.3) is 0 Å². The van der Waals surface area contributed by atoms with Crippen molar-refractivity contribution in [1.29, 1.82) is 0 Å². The molecule has 1 saturated heterocycles. The Kier molecular flexibility index (Phi) is 9.55. The zero-order valence-corrected chi connectivity index (χ0v) is 15.8. The van der Waals surface area contributed by atoms with Crippen molar-refractivity contribution < 1.29 is 8.42 Å². The summed E-state index contributed by atoms with van der Waals surface area (Å²) in [5.74, 6) is 1.36. The minimum Gasteiger partial charge on any atom is -0.357 e. The molecule has 1 aliphatic rings. The van der Waals surface area contributed by atoms with Crippen LogP contribution in [-0.4, -0.2) is 57.7 Å². The van der Waals surface area contributed by atoms with E-state index in [0.29, 0.717) is 19.0 Å². The van der Waals surface area contributed by atoms with Gasteiger partial charge in [0.2, 0.25) is 10.0 Å². The van der Waals surface area contributed by atoms with Gasteiger partial charge in [-0.3, -0.25) is 4.99 Å². The smallest absolute Gasteiger partial charge is 0.211 e. The second-order valence-corrected chi connectivity index (χ2v) is 8.29. The highest BCUT2D eigenvalue weighted by Crippen LogP contribution is 2.19. The van der Waals surface area contributed by atoms with Crippen LogP contribution in [0.5, 0.6) is 0 Å². The van der Waals surface area contributed by atoms with Crippen molar-refractivity contribution in [3.05, 3.63) is 0 Å². The summed E-state index contributed by atoms with van der Waals surface area (Å²) in [7, 11) is -3.04. The second-order valence-electron chi connectivity index (χ2n) is 6.31. The third-order valence-electron chi connectivity index (χ3n) is 4.22. The molecule has 7 heteroatoms. The fourth-order valence-electron chi connectivity index (χ4n) is 2.74. The normalized spacial score (nSPS) is 18.1. The van der Waals surface area contributed by atoms with E-state index < -0.39 is 10.0 Å². The SMILES string of the molecule is CCCCCCNC(=NCC1CCN(S(C)(=O)=O)CC1)NCC. The molecule has 1 rings (SSSR count). The highest BCUT2D eigenvalue weighted by atomic mass is 32.2. The van der Waals surface area contributed by atoms with Gasteiger partial charge in [-0.1, -0.05) is 26.2 Å². The van der Waals surface area contributed by atoms with Gasteiger partial charge in [-0.2, -0.15) is 0 Å². The van der Waals surface area contributed by atoms with E-state index in [-0.39, 0.29) is 0 Å². The quantitative estimate of drug-likeness (QED) is 0.379. The number of nitrogens with zero attached hydrogens (tertiary/aromatic N) is 2. The van der Waals surface area contributed by atoms with E-state index in [4.69, 9.17) is 0 Å². The van der Waals surface area contributed by atoms with Gasteiger partial charge in [0.05, 0.1) is 6.26 Å². The van der Waals surface area contributed by atoms with E-state index in [1.54, 1.807) is 4.31 Å². The van der Waals surface area contributed by atoms with Crippen LogP contribution in [0.25, 0.3) is 0 Å². The summed E-state index contributed by atoms with van der Waals surface area (Å²) < 4.78 is 24.6. The first kappa shape index (κ1) is 20.2. The molecule has 0 amide bonds. The van der Waals surface area contributed by atoms with E-state index >= 15 is 0 Å². The molecule has 0 unspecified atom stereocenters. The van der Waals surface area contributed by atoms with Crippen LogP contribution < -0.4 is 10.6 Å². The number of unbranched alkanes of at least 4 members (excludes halogenated alkanes) is 3. The molecule has 2 N–H and O–H groups in total. The van der Waals surface area contributed by atoms with Crippen LogP contribution in [0.15, 0.2) is 4.99 Å². The Morgan fingerprint density at radius 1 is 1.13 bits per heavy atom. The maximum absolute atomic E-state index is 11.5. The predicted octanol–water partition coefficient (Wildman–Crippen LogP) is 1.79. The van der Waals surface area contributed by atoms with E-state index in [2.05, 4.69) is 29.5 Å². The van der Waals surface area contributed by atoms with Gasteiger partial charge in [0.15, 0.2) is 5.96 Å². The van der Waals surface area contributed by atoms with Crippen LogP contribution in [0.3, 0.4) is 0 Å². The van der Waals surface area contributed by atoms with Gasteiger partial charge in [-0.15, -0.1) is 0 Å². The summed E-state index contributed by atoms with van der Waals surface area (Å²) in [6.45, 7) is 8.11. The van der Waals surface area contributed by atoms with Gasteiger partial charge in [-0.05, 0) is 32.1 Å². The summed E-state index contributed by atoms with van der Waals surface area (Å²) in [4.78, 5) is 4.67. The van der Waals surface area contributed by atoms with E-state index in [9.17, 15) is 8.42 Å². The standard InChI is InChI=1S/C16H34N4O2S/c1-4-6-7-8-11-18-16(17-5-2)19-14-15-9-12-20(13-10-15)23(3,21)22/h15H,4-14H2,1-3H3,(H2,17,18,19). The number of sulfonamides is 1. The van der Waals surface area contributed by atoms with Gasteiger partial charge in [0.1, 0.15) is 0 Å². The number of guanidine groups is 1. The van der Waals surface area contributed by atoms with Crippen molar-refractivity contribution >= 4 is 16.0 Å². The molecule has 136 valence electrons. The number of aliphatic imine (C=N–C) groups is 1. The number of hydrogen-bond donors (Lipinski definition) is 2. The van der Waals surface area contributed by atoms with Crippen LogP contribution in [0.2, 0.25) is 0 Å². The molecule has 23 heavy (non-hydrogen) atoms. The molecule has 0 bridgehead atoms. The lowest BCUT2D eigenvalue weighted by molar-refractivity contribution is 0.280. The molecule has 0 aromatic heterocycles. The number of piperidine rings is 1. The minimum absolute atomic E-state index is 0.476. The van der Waals surface area contributed by atoms with Crippen molar-refractivity contribution in [2.75, 3.05) is 39.0 Å². The fourth-order valence-corrected chi connectivity index (χ4v) is 3.62. The van der Waals surface area contributed by atoms with E-state index in [0.717, 1.165) is 38.4 Å². The Hall–Kier alpha value is -0.820. The number of rotatable bonds is 9. The molecule has 1 fully saturated rings. The van der Waals surface area contributed by atoms with Gasteiger partial charge < -0.3 is 10.6 Å². The first-order chi connectivity index (χ1) is 11.0. The first-order valence-electron chi connectivity index (χ1n) is 8.94. The van der Waals surface area contributed by atoms with Crippen molar-refractivity contribution in [2.45, 2.75) is 52.4 Å². The predicted molar refractivity (Wildman–Crippen MR) is 97.3 cm³/mol. The molecule has 0 atom stereocenters. The molecule has 1 heterocycles. The zero-order valence-electron chi connectivity index (χ0n) is 15.0. The highest BCUT2D eigenvalue weighted by molar-refractivity contribution is 7.88. The Morgan fingerprint density at radius 2 is 1.83 bits per heavy atom. The third-order valence-corrected chi connectivity index (χ3v) is 5.52. The lowest BCUT2D eigenvalue weighted by Crippen LogP contribution is -2.40. The zero-order chi connectivity index (χ0) is 17.1. The van der Waals surface area contributed by atoms with Crippen LogP contribution in [0, 0.1) is 5.92 Å². The summed E-state index contributed by atoms with van der Waals surface area (Å²) in [6.07, 6.45) is 8.04. The molecule has 6 nitrogen and oxygen atoms in total. The number of nitrogens with one attached hydrogen (secondary N) is 2. The summed E-state index contributed by atoms with van der Waals surface area (Å²) in [5, 5.41) is 6.66. The molecule has 0 saturated carbocycles. The molecular weight excluding hydrogens is 312 g/mol. The van der Waals surface area contributed by atoms with Gasteiger partial charge >= 0.3 is 0 Å². The molecule has 0 radical (unpaired) electrons. The second kappa shape index (κ2) is 10.9. The van der Waals surface area contributed by atoms with Gasteiger partial charge in [-0.25, -0.2) is 12.7 Å². The molecule has 0 aliphatic carbocycles. The Balaban J connectivity index is 2.33. The van der Waals surface area contributed by atoms with E-state index in [1.807, 2.05) is 0 Å². The maximum Gasteiger partial charge on any atom is 0.211 e. The summed E-state index contributed by atoms with van der Waals surface area (Å²) in [6, 6.07) is 0. The largest absolute Gasteiger partial charge is 0.357 e. The van der Waals surface area contributed by atoms with Crippen LogP contribution >= 0.6 is 0 Å². The Bertz CT molecular complexity index is 443. The van der Waals surface area contributed by atoms with Crippen LogP contribution in [-0.2, 0) is 10.0 Å². The Morgan fingerprint density at radius 3 is 2.39 bits per heavy atom. The van der Waals surface area contributed by atoms with E-state index in [1.165, 1.54) is 31.9 Å². The monoisotopic (exact) mass is 346 g/mol. The van der Waals surface area contributed by atoms with Crippen LogP contribution in [0.4, 0.5) is 0 Å². The molecule has 0 aromatic rings. The Labute approximate surface area is 142 Å². The third kappa shape index (κ3) is 8.55. The average Bonchev–Trinajstić information content (AvgIpc) is 2.52. The van der Waals surface area contributed by atoms with Crippen molar-refractivity contribution in [3.63, 3.8) is 0 Å². The van der Waals surface area contributed by atoms with Crippen molar-refractivity contribution in [2.24, 2.45) is 10.9 Å².